The first-order valence-electron chi connectivity index (χ1n) is 12.4. The fourth-order valence-electron chi connectivity index (χ4n) is 6.40. The zero-order chi connectivity index (χ0) is 22.8. The maximum Gasteiger partial charge on any atom is 0.410 e. The number of piperidine rings is 2. The Kier molecular flexibility index (Phi) is 6.44. The zero-order valence-electron chi connectivity index (χ0n) is 19.5. The molecule has 1 aliphatic carbocycles. The number of unbranched alkanes of at least 4 members (excludes halogenated alkanes) is 1. The van der Waals surface area contributed by atoms with Gasteiger partial charge in [0.05, 0.1) is 5.60 Å². The van der Waals surface area contributed by atoms with Gasteiger partial charge in [0.25, 0.3) is 0 Å². The van der Waals surface area contributed by atoms with Crippen molar-refractivity contribution in [2.45, 2.75) is 75.0 Å². The van der Waals surface area contributed by atoms with Gasteiger partial charge in [-0.3, -0.25) is 0 Å². The normalized spacial score (nSPS) is 26.1. The Bertz CT molecular complexity index is 930. The predicted molar refractivity (Wildman–Crippen MR) is 128 cm³/mol. The summed E-state index contributed by atoms with van der Waals surface area (Å²) in [6, 6.07) is 17.0. The number of ether oxygens (including phenoxy) is 2. The number of amides is 1. The second-order valence-corrected chi connectivity index (χ2v) is 10.0. The predicted octanol–water partition coefficient (Wildman–Crippen LogP) is 5.50. The molecule has 0 spiro atoms. The summed E-state index contributed by atoms with van der Waals surface area (Å²) in [6.45, 7) is 1.08. The second-order valence-electron chi connectivity index (χ2n) is 10.0. The third-order valence-corrected chi connectivity index (χ3v) is 7.88. The number of aliphatic hydroxyl groups is 1. The number of benzene rings is 2. The van der Waals surface area contributed by atoms with Gasteiger partial charge in [-0.2, -0.15) is 0 Å². The topological polar surface area (TPSA) is 59.0 Å². The minimum atomic E-state index is -0.677. The lowest BCUT2D eigenvalue weighted by Crippen LogP contribution is -2.60. The van der Waals surface area contributed by atoms with Crippen molar-refractivity contribution < 1.29 is 19.4 Å². The molecular weight excluding hydrogens is 414 g/mol. The van der Waals surface area contributed by atoms with Gasteiger partial charge in [-0.15, -0.1) is 0 Å². The number of carbonyl (C=O) groups excluding carboxylic acids is 1. The third-order valence-electron chi connectivity index (χ3n) is 7.88. The van der Waals surface area contributed by atoms with Gasteiger partial charge in [0.2, 0.25) is 0 Å². The van der Waals surface area contributed by atoms with Crippen LogP contribution in [0, 0.1) is 0 Å². The molecule has 5 rings (SSSR count). The molecule has 0 aromatic heterocycles. The molecule has 2 saturated heterocycles. The van der Waals surface area contributed by atoms with Crippen LogP contribution < -0.4 is 0 Å². The van der Waals surface area contributed by atoms with Crippen LogP contribution in [0.25, 0.3) is 11.1 Å². The third kappa shape index (κ3) is 4.41. The van der Waals surface area contributed by atoms with Crippen LogP contribution in [0.4, 0.5) is 4.79 Å². The molecule has 5 heteroatoms. The van der Waals surface area contributed by atoms with Crippen LogP contribution in [0.5, 0.6) is 0 Å². The number of rotatable bonds is 7. The molecule has 0 saturated carbocycles. The molecule has 2 atom stereocenters. The highest BCUT2D eigenvalue weighted by Gasteiger charge is 2.47. The van der Waals surface area contributed by atoms with Crippen LogP contribution in [-0.2, 0) is 9.47 Å². The fraction of sp³-hybridized carbons (Fsp3) is 0.536. The molecule has 176 valence electrons. The van der Waals surface area contributed by atoms with Crippen LogP contribution >= 0.6 is 0 Å². The van der Waals surface area contributed by atoms with Crippen molar-refractivity contribution >= 4 is 6.09 Å². The lowest BCUT2D eigenvalue weighted by Gasteiger charge is -2.51. The van der Waals surface area contributed by atoms with Crippen molar-refractivity contribution in [1.29, 1.82) is 0 Å². The Balaban J connectivity index is 1.26. The van der Waals surface area contributed by atoms with Crippen molar-refractivity contribution in [3.8, 4) is 11.1 Å². The van der Waals surface area contributed by atoms with Crippen molar-refractivity contribution in [2.75, 3.05) is 20.3 Å². The van der Waals surface area contributed by atoms with Crippen molar-refractivity contribution in [1.82, 2.24) is 4.90 Å². The van der Waals surface area contributed by atoms with Gasteiger partial charge >= 0.3 is 6.09 Å². The van der Waals surface area contributed by atoms with E-state index in [2.05, 4.69) is 48.5 Å². The molecule has 33 heavy (non-hydrogen) atoms. The van der Waals surface area contributed by atoms with E-state index in [-0.39, 0.29) is 24.1 Å². The quantitative estimate of drug-likeness (QED) is 0.567. The van der Waals surface area contributed by atoms with E-state index in [1.54, 1.807) is 7.11 Å². The average molecular weight is 450 g/mol. The van der Waals surface area contributed by atoms with Gasteiger partial charge in [-0.1, -0.05) is 48.5 Å². The van der Waals surface area contributed by atoms with Crippen LogP contribution in [0.2, 0.25) is 0 Å². The lowest BCUT2D eigenvalue weighted by molar-refractivity contribution is -0.0897. The van der Waals surface area contributed by atoms with Crippen LogP contribution in [0.3, 0.4) is 0 Å². The fourth-order valence-corrected chi connectivity index (χ4v) is 6.40. The number of hydrogen-bond acceptors (Lipinski definition) is 4. The van der Waals surface area contributed by atoms with Crippen molar-refractivity contribution in [3.63, 3.8) is 0 Å². The van der Waals surface area contributed by atoms with E-state index < -0.39 is 5.60 Å². The molecule has 2 heterocycles. The number of carbonyl (C=O) groups is 1. The average Bonchev–Trinajstić information content (AvgIpc) is 3.14. The first kappa shape index (κ1) is 22.4. The maximum atomic E-state index is 13.3. The van der Waals surface area contributed by atoms with E-state index in [9.17, 15) is 9.90 Å². The van der Waals surface area contributed by atoms with Crippen molar-refractivity contribution in [3.05, 3.63) is 59.7 Å². The van der Waals surface area contributed by atoms with Gasteiger partial charge in [0, 0.05) is 31.7 Å². The summed E-state index contributed by atoms with van der Waals surface area (Å²) in [5.41, 5.74) is 4.26. The molecule has 5 nitrogen and oxygen atoms in total. The highest BCUT2D eigenvalue weighted by molar-refractivity contribution is 5.79. The van der Waals surface area contributed by atoms with E-state index in [1.165, 1.54) is 22.3 Å². The van der Waals surface area contributed by atoms with Crippen molar-refractivity contribution in [2.24, 2.45) is 0 Å². The molecule has 3 aliphatic rings. The van der Waals surface area contributed by atoms with Crippen LogP contribution in [-0.4, -0.2) is 54.1 Å². The largest absolute Gasteiger partial charge is 0.448 e. The van der Waals surface area contributed by atoms with Gasteiger partial charge < -0.3 is 19.5 Å². The summed E-state index contributed by atoms with van der Waals surface area (Å²) in [4.78, 5) is 15.3. The zero-order valence-corrected chi connectivity index (χ0v) is 19.5. The molecule has 1 N–H and O–H groups in total. The van der Waals surface area contributed by atoms with Gasteiger partial charge in [0.15, 0.2) is 0 Å². The Labute approximate surface area is 196 Å². The minimum absolute atomic E-state index is 0.0700. The van der Waals surface area contributed by atoms with Crippen LogP contribution in [0.15, 0.2) is 48.5 Å². The van der Waals surface area contributed by atoms with E-state index in [0.717, 1.165) is 45.1 Å². The molecule has 2 aliphatic heterocycles. The first-order chi connectivity index (χ1) is 16.1. The highest BCUT2D eigenvalue weighted by atomic mass is 16.6. The van der Waals surface area contributed by atoms with Gasteiger partial charge in [-0.25, -0.2) is 4.79 Å². The Morgan fingerprint density at radius 3 is 2.21 bits per heavy atom. The molecular formula is C28H35NO4. The summed E-state index contributed by atoms with van der Waals surface area (Å²) in [6.07, 6.45) is 6.79. The molecule has 2 unspecified atom stereocenters. The minimum Gasteiger partial charge on any atom is -0.448 e. The Hall–Kier alpha value is -2.37. The Morgan fingerprint density at radius 2 is 1.61 bits per heavy atom. The highest BCUT2D eigenvalue weighted by Crippen LogP contribution is 2.45. The standard InChI is InChI=1S/C28H35NO4/c1-32-16-7-6-15-28(31)17-20-9-8-10-21(18-28)29(20)27(30)33-19-26-24-13-4-2-11-22(24)23-12-3-5-14-25(23)26/h2-5,11-14,20-21,26,31H,6-10,15-19H2,1H3. The molecule has 2 fully saturated rings. The summed E-state index contributed by atoms with van der Waals surface area (Å²) >= 11 is 0. The monoisotopic (exact) mass is 449 g/mol. The summed E-state index contributed by atoms with van der Waals surface area (Å²) in [5.74, 6) is 0.0729. The summed E-state index contributed by atoms with van der Waals surface area (Å²) < 4.78 is 11.1. The summed E-state index contributed by atoms with van der Waals surface area (Å²) in [7, 11) is 1.71. The molecule has 2 aromatic carbocycles. The SMILES string of the molecule is COCCCCC1(O)CC2CCCC(C1)N2C(=O)OCC1c2ccccc2-c2ccccc21. The Morgan fingerprint density at radius 1 is 1.00 bits per heavy atom. The second kappa shape index (κ2) is 9.47. The van der Waals surface area contributed by atoms with E-state index >= 15 is 0 Å². The van der Waals surface area contributed by atoms with Crippen LogP contribution in [0.1, 0.15) is 68.4 Å². The van der Waals surface area contributed by atoms with E-state index in [0.29, 0.717) is 19.4 Å². The molecule has 2 aromatic rings. The first-order valence-corrected chi connectivity index (χ1v) is 12.4. The molecule has 1 amide bonds. The van der Waals surface area contributed by atoms with Gasteiger partial charge in [-0.05, 0) is 73.6 Å². The maximum absolute atomic E-state index is 13.3. The summed E-state index contributed by atoms with van der Waals surface area (Å²) in [5, 5.41) is 11.3. The van der Waals surface area contributed by atoms with E-state index in [4.69, 9.17) is 9.47 Å². The number of methoxy groups -OCH3 is 1. The lowest BCUT2D eigenvalue weighted by atomic mass is 9.74. The molecule has 0 radical (unpaired) electrons. The number of nitrogens with zero attached hydrogens (tertiary/aromatic N) is 1. The number of hydrogen-bond donors (Lipinski definition) is 1. The van der Waals surface area contributed by atoms with E-state index in [1.807, 2.05) is 4.90 Å². The molecule has 2 bridgehead atoms. The number of fused-ring (bicyclic) bond motifs is 5. The smallest absolute Gasteiger partial charge is 0.410 e. The van der Waals surface area contributed by atoms with Gasteiger partial charge in [0.1, 0.15) is 6.61 Å².